The lowest BCUT2D eigenvalue weighted by Gasteiger charge is -2.31. The molecule has 1 aliphatic rings. The molecule has 1 unspecified atom stereocenters. The molecule has 7 heteroatoms. The first kappa shape index (κ1) is 20.0. The summed E-state index contributed by atoms with van der Waals surface area (Å²) in [5, 5.41) is 3.96. The first-order valence-corrected chi connectivity index (χ1v) is 9.59. The van der Waals surface area contributed by atoms with Gasteiger partial charge in [0.2, 0.25) is 0 Å². The molecule has 1 fully saturated rings. The van der Waals surface area contributed by atoms with Crippen LogP contribution in [-0.2, 0) is 9.53 Å². The summed E-state index contributed by atoms with van der Waals surface area (Å²) in [5.41, 5.74) is 1.06. The summed E-state index contributed by atoms with van der Waals surface area (Å²) < 4.78 is 10.9. The number of amides is 1. The number of nitrogens with zero attached hydrogens (tertiary/aromatic N) is 1. The lowest BCUT2D eigenvalue weighted by Crippen LogP contribution is -2.44. The second kappa shape index (κ2) is 9.95. The molecule has 0 saturated carbocycles. The van der Waals surface area contributed by atoms with Crippen molar-refractivity contribution in [3.63, 3.8) is 0 Å². The number of ether oxygens (including phenoxy) is 2. The first-order chi connectivity index (χ1) is 13.1. The summed E-state index contributed by atoms with van der Waals surface area (Å²) in [6.07, 6.45) is 0. The molecule has 1 amide bonds. The normalized spacial score (nSPS) is 15.9. The Morgan fingerprint density at radius 1 is 1.15 bits per heavy atom. The van der Waals surface area contributed by atoms with Gasteiger partial charge in [-0.15, -0.1) is 0 Å². The zero-order valence-electron chi connectivity index (χ0n) is 14.9. The van der Waals surface area contributed by atoms with Crippen LogP contribution in [0.4, 0.5) is 0 Å². The number of carbonyl (C=O) groups excluding carboxylic acids is 1. The van der Waals surface area contributed by atoms with E-state index < -0.39 is 0 Å². The summed E-state index contributed by atoms with van der Waals surface area (Å²) in [6, 6.07) is 14.7. The molecule has 1 aliphatic heterocycles. The second-order valence-corrected chi connectivity index (χ2v) is 7.15. The summed E-state index contributed by atoms with van der Waals surface area (Å²) >= 11 is 12.0. The van der Waals surface area contributed by atoms with E-state index in [4.69, 9.17) is 32.7 Å². The molecule has 1 saturated heterocycles. The number of carbonyl (C=O) groups is 1. The molecule has 1 heterocycles. The van der Waals surface area contributed by atoms with Gasteiger partial charge in [0, 0.05) is 24.7 Å². The maximum atomic E-state index is 12.5. The molecule has 3 rings (SSSR count). The molecule has 0 aromatic heterocycles. The third kappa shape index (κ3) is 6.11. The van der Waals surface area contributed by atoms with Crippen molar-refractivity contribution in [2.75, 3.05) is 39.5 Å². The SMILES string of the molecule is O=C(COc1ccc(Cl)cc1Cl)NC(CN1CCOCC1)c1ccccc1. The predicted octanol–water partition coefficient (Wildman–Crippen LogP) is 3.56. The minimum Gasteiger partial charge on any atom is -0.482 e. The maximum absolute atomic E-state index is 12.5. The number of benzene rings is 2. The highest BCUT2D eigenvalue weighted by Gasteiger charge is 2.20. The van der Waals surface area contributed by atoms with Crippen molar-refractivity contribution in [1.29, 1.82) is 0 Å². The molecule has 5 nitrogen and oxygen atoms in total. The van der Waals surface area contributed by atoms with Crippen molar-refractivity contribution >= 4 is 29.1 Å². The van der Waals surface area contributed by atoms with Gasteiger partial charge in [-0.2, -0.15) is 0 Å². The van der Waals surface area contributed by atoms with Crippen LogP contribution in [0, 0.1) is 0 Å². The highest BCUT2D eigenvalue weighted by atomic mass is 35.5. The Kier molecular flexibility index (Phi) is 7.35. The highest BCUT2D eigenvalue weighted by molar-refractivity contribution is 6.35. The Morgan fingerprint density at radius 2 is 1.89 bits per heavy atom. The van der Waals surface area contributed by atoms with E-state index in [1.54, 1.807) is 18.2 Å². The topological polar surface area (TPSA) is 50.8 Å². The third-order valence-electron chi connectivity index (χ3n) is 4.33. The summed E-state index contributed by atoms with van der Waals surface area (Å²) in [6.45, 7) is 3.75. The van der Waals surface area contributed by atoms with E-state index in [1.807, 2.05) is 30.3 Å². The van der Waals surface area contributed by atoms with Crippen molar-refractivity contribution in [3.8, 4) is 5.75 Å². The minimum absolute atomic E-state index is 0.117. The molecule has 1 N–H and O–H groups in total. The molecule has 0 bridgehead atoms. The van der Waals surface area contributed by atoms with E-state index in [-0.39, 0.29) is 18.6 Å². The molecule has 1 atom stereocenters. The van der Waals surface area contributed by atoms with Crippen LogP contribution < -0.4 is 10.1 Å². The second-order valence-electron chi connectivity index (χ2n) is 6.31. The van der Waals surface area contributed by atoms with Crippen molar-refractivity contribution < 1.29 is 14.3 Å². The van der Waals surface area contributed by atoms with Gasteiger partial charge in [0.1, 0.15) is 5.75 Å². The van der Waals surface area contributed by atoms with Crippen molar-refractivity contribution in [2.45, 2.75) is 6.04 Å². The Morgan fingerprint density at radius 3 is 2.59 bits per heavy atom. The third-order valence-corrected chi connectivity index (χ3v) is 4.86. The van der Waals surface area contributed by atoms with Crippen LogP contribution in [0.1, 0.15) is 11.6 Å². The van der Waals surface area contributed by atoms with Gasteiger partial charge < -0.3 is 14.8 Å². The zero-order valence-corrected chi connectivity index (χ0v) is 16.4. The first-order valence-electron chi connectivity index (χ1n) is 8.84. The highest BCUT2D eigenvalue weighted by Crippen LogP contribution is 2.27. The predicted molar refractivity (Wildman–Crippen MR) is 107 cm³/mol. The Balaban J connectivity index is 1.61. The van der Waals surface area contributed by atoms with Crippen molar-refractivity contribution in [3.05, 3.63) is 64.1 Å². The quantitative estimate of drug-likeness (QED) is 0.760. The lowest BCUT2D eigenvalue weighted by molar-refractivity contribution is -0.124. The molecule has 0 aliphatic carbocycles. The molecular weight excluding hydrogens is 387 g/mol. The average Bonchev–Trinajstić information content (AvgIpc) is 2.68. The lowest BCUT2D eigenvalue weighted by atomic mass is 10.1. The summed E-state index contributed by atoms with van der Waals surface area (Å²) in [7, 11) is 0. The van der Waals surface area contributed by atoms with Gasteiger partial charge in [-0.25, -0.2) is 0 Å². The van der Waals surface area contributed by atoms with Crippen LogP contribution in [0.15, 0.2) is 48.5 Å². The van der Waals surface area contributed by atoms with Crippen LogP contribution in [0.3, 0.4) is 0 Å². The Bertz CT molecular complexity index is 752. The van der Waals surface area contributed by atoms with Crippen LogP contribution in [0.25, 0.3) is 0 Å². The Labute approximate surface area is 169 Å². The van der Waals surface area contributed by atoms with Crippen LogP contribution in [0.2, 0.25) is 10.0 Å². The van der Waals surface area contributed by atoms with Gasteiger partial charge in [-0.3, -0.25) is 9.69 Å². The summed E-state index contributed by atoms with van der Waals surface area (Å²) in [4.78, 5) is 14.8. The number of rotatable bonds is 7. The van der Waals surface area contributed by atoms with E-state index in [0.717, 1.165) is 25.2 Å². The van der Waals surface area contributed by atoms with Gasteiger partial charge >= 0.3 is 0 Å². The van der Waals surface area contributed by atoms with Crippen LogP contribution in [-0.4, -0.2) is 50.3 Å². The molecule has 144 valence electrons. The van der Waals surface area contributed by atoms with Crippen molar-refractivity contribution in [1.82, 2.24) is 10.2 Å². The fourth-order valence-corrected chi connectivity index (χ4v) is 3.40. The number of nitrogens with one attached hydrogen (secondary N) is 1. The van der Waals surface area contributed by atoms with Crippen molar-refractivity contribution in [2.24, 2.45) is 0 Å². The zero-order chi connectivity index (χ0) is 19.1. The molecule has 27 heavy (non-hydrogen) atoms. The average molecular weight is 409 g/mol. The molecule has 0 spiro atoms. The number of hydrogen-bond acceptors (Lipinski definition) is 4. The monoisotopic (exact) mass is 408 g/mol. The Hall–Kier alpha value is -1.79. The fraction of sp³-hybridized carbons (Fsp3) is 0.350. The maximum Gasteiger partial charge on any atom is 0.258 e. The van der Waals surface area contributed by atoms with Gasteiger partial charge in [0.05, 0.1) is 24.3 Å². The van der Waals surface area contributed by atoms with Gasteiger partial charge in [0.15, 0.2) is 6.61 Å². The van der Waals surface area contributed by atoms with E-state index >= 15 is 0 Å². The molecular formula is C20H22Cl2N2O3. The largest absolute Gasteiger partial charge is 0.482 e. The van der Waals surface area contributed by atoms with E-state index in [0.29, 0.717) is 29.0 Å². The van der Waals surface area contributed by atoms with E-state index in [9.17, 15) is 4.79 Å². The molecule has 0 radical (unpaired) electrons. The fourth-order valence-electron chi connectivity index (χ4n) is 2.93. The smallest absolute Gasteiger partial charge is 0.258 e. The van der Waals surface area contributed by atoms with Gasteiger partial charge in [0.25, 0.3) is 5.91 Å². The summed E-state index contributed by atoms with van der Waals surface area (Å²) in [5.74, 6) is 0.226. The van der Waals surface area contributed by atoms with Crippen LogP contribution in [0.5, 0.6) is 5.75 Å². The van der Waals surface area contributed by atoms with E-state index in [1.165, 1.54) is 0 Å². The standard InChI is InChI=1S/C20H22Cl2N2O3/c21-16-6-7-19(17(22)12-16)27-14-20(25)23-18(15-4-2-1-3-5-15)13-24-8-10-26-11-9-24/h1-7,12,18H,8-11,13-14H2,(H,23,25). The minimum atomic E-state index is -0.205. The molecule has 2 aromatic carbocycles. The van der Waals surface area contributed by atoms with Crippen LogP contribution >= 0.6 is 23.2 Å². The number of halogens is 2. The number of hydrogen-bond donors (Lipinski definition) is 1. The molecule has 2 aromatic rings. The van der Waals surface area contributed by atoms with Gasteiger partial charge in [-0.05, 0) is 23.8 Å². The number of morpholine rings is 1. The van der Waals surface area contributed by atoms with Gasteiger partial charge in [-0.1, -0.05) is 53.5 Å². The van der Waals surface area contributed by atoms with E-state index in [2.05, 4.69) is 10.2 Å².